The normalized spacial score (nSPS) is 10.1. The highest BCUT2D eigenvalue weighted by Crippen LogP contribution is 2.03. The van der Waals surface area contributed by atoms with Gasteiger partial charge in [-0.1, -0.05) is 0 Å². The Balaban J connectivity index is 2.40. The fourth-order valence-corrected chi connectivity index (χ4v) is 1.42. The molecule has 0 unspecified atom stereocenters. The lowest BCUT2D eigenvalue weighted by molar-refractivity contribution is -0.140. The van der Waals surface area contributed by atoms with Gasteiger partial charge in [0.1, 0.15) is 0 Å². The molecule has 0 aliphatic heterocycles. The lowest BCUT2D eigenvalue weighted by atomic mass is 10.2. The zero-order valence-electron chi connectivity index (χ0n) is 10.3. The Morgan fingerprint density at radius 2 is 2.24 bits per heavy atom. The van der Waals surface area contributed by atoms with Gasteiger partial charge in [-0.25, -0.2) is 0 Å². The fourth-order valence-electron chi connectivity index (χ4n) is 1.42. The summed E-state index contributed by atoms with van der Waals surface area (Å²) < 4.78 is 6.10. The molecule has 0 aliphatic carbocycles. The molecule has 0 saturated heterocycles. The molecule has 0 fully saturated rings. The van der Waals surface area contributed by atoms with E-state index in [2.05, 4.69) is 9.84 Å². The fraction of sp³-hybridized carbons (Fsp3) is 0.545. The summed E-state index contributed by atoms with van der Waals surface area (Å²) in [4.78, 5) is 24.3. The molecule has 17 heavy (non-hydrogen) atoms. The summed E-state index contributed by atoms with van der Waals surface area (Å²) in [5.74, 6) is -0.352. The maximum absolute atomic E-state index is 11.9. The van der Waals surface area contributed by atoms with Gasteiger partial charge in [-0.2, -0.15) is 5.10 Å². The number of rotatable bonds is 5. The van der Waals surface area contributed by atoms with Crippen LogP contribution in [0.25, 0.3) is 0 Å². The van der Waals surface area contributed by atoms with E-state index in [4.69, 9.17) is 0 Å². The van der Waals surface area contributed by atoms with Crippen LogP contribution in [0.2, 0.25) is 0 Å². The van der Waals surface area contributed by atoms with Crippen LogP contribution < -0.4 is 0 Å². The van der Waals surface area contributed by atoms with E-state index in [1.54, 1.807) is 29.9 Å². The Morgan fingerprint density at radius 1 is 1.53 bits per heavy atom. The van der Waals surface area contributed by atoms with Crippen molar-refractivity contribution >= 4 is 11.9 Å². The van der Waals surface area contributed by atoms with E-state index < -0.39 is 0 Å². The molecule has 0 N–H and O–H groups in total. The van der Waals surface area contributed by atoms with Crippen LogP contribution in [0.1, 0.15) is 23.2 Å². The Kier molecular flexibility index (Phi) is 4.68. The minimum Gasteiger partial charge on any atom is -0.469 e. The van der Waals surface area contributed by atoms with Crippen LogP contribution in [0, 0.1) is 0 Å². The first-order valence-electron chi connectivity index (χ1n) is 5.35. The largest absolute Gasteiger partial charge is 0.469 e. The molecule has 1 heterocycles. The summed E-state index contributed by atoms with van der Waals surface area (Å²) in [6.07, 6.45) is 4.11. The molecule has 0 bridgehead atoms. The number of aromatic nitrogens is 2. The predicted octanol–water partition coefficient (Wildman–Crippen LogP) is 0.445. The van der Waals surface area contributed by atoms with Crippen LogP contribution >= 0.6 is 0 Å². The minimum atomic E-state index is -0.257. The number of amides is 1. The minimum absolute atomic E-state index is 0.0945. The Labute approximate surface area is 100 Å². The Bertz CT molecular complexity index is 400. The third kappa shape index (κ3) is 3.90. The van der Waals surface area contributed by atoms with E-state index in [-0.39, 0.29) is 11.9 Å². The van der Waals surface area contributed by atoms with Crippen molar-refractivity contribution in [3.05, 3.63) is 18.0 Å². The zero-order chi connectivity index (χ0) is 12.8. The van der Waals surface area contributed by atoms with Gasteiger partial charge in [0.25, 0.3) is 5.91 Å². The molecule has 0 atom stereocenters. The highest BCUT2D eigenvalue weighted by molar-refractivity contribution is 5.93. The van der Waals surface area contributed by atoms with Gasteiger partial charge in [-0.3, -0.25) is 14.3 Å². The molecule has 1 amide bonds. The van der Waals surface area contributed by atoms with Crippen molar-refractivity contribution in [1.82, 2.24) is 14.7 Å². The number of aryl methyl sites for hydroxylation is 1. The molecule has 0 aromatic carbocycles. The van der Waals surface area contributed by atoms with Crippen molar-refractivity contribution in [1.29, 1.82) is 0 Å². The molecule has 0 aliphatic rings. The molecule has 1 aromatic rings. The molecule has 94 valence electrons. The van der Waals surface area contributed by atoms with Gasteiger partial charge in [0.2, 0.25) is 0 Å². The molecule has 6 heteroatoms. The van der Waals surface area contributed by atoms with Crippen molar-refractivity contribution in [2.45, 2.75) is 12.8 Å². The number of nitrogens with zero attached hydrogens (tertiary/aromatic N) is 3. The van der Waals surface area contributed by atoms with Gasteiger partial charge in [0.05, 0.1) is 18.9 Å². The number of ether oxygens (including phenoxy) is 1. The van der Waals surface area contributed by atoms with Gasteiger partial charge in [-0.05, 0) is 6.42 Å². The zero-order valence-corrected chi connectivity index (χ0v) is 10.3. The molecule has 1 aromatic heterocycles. The summed E-state index contributed by atoms with van der Waals surface area (Å²) in [6.45, 7) is 0.517. The van der Waals surface area contributed by atoms with Crippen molar-refractivity contribution in [2.75, 3.05) is 20.7 Å². The lowest BCUT2D eigenvalue weighted by Crippen LogP contribution is -2.27. The topological polar surface area (TPSA) is 64.4 Å². The van der Waals surface area contributed by atoms with Crippen molar-refractivity contribution in [2.24, 2.45) is 7.05 Å². The second kappa shape index (κ2) is 6.03. The summed E-state index contributed by atoms with van der Waals surface area (Å²) in [7, 11) is 4.81. The SMILES string of the molecule is COC(=O)CCCN(C)C(=O)c1cnn(C)c1. The monoisotopic (exact) mass is 239 g/mol. The first-order valence-corrected chi connectivity index (χ1v) is 5.35. The van der Waals surface area contributed by atoms with Crippen molar-refractivity contribution in [3.8, 4) is 0 Å². The van der Waals surface area contributed by atoms with Crippen LogP contribution in [-0.4, -0.2) is 47.3 Å². The molecule has 0 spiro atoms. The number of hydrogen-bond donors (Lipinski definition) is 0. The van der Waals surface area contributed by atoms with Crippen LogP contribution in [0.3, 0.4) is 0 Å². The summed E-state index contributed by atoms with van der Waals surface area (Å²) in [5, 5.41) is 3.94. The van der Waals surface area contributed by atoms with E-state index in [1.165, 1.54) is 13.3 Å². The molecular weight excluding hydrogens is 222 g/mol. The van der Waals surface area contributed by atoms with E-state index in [1.807, 2.05) is 0 Å². The number of carbonyl (C=O) groups is 2. The number of hydrogen-bond acceptors (Lipinski definition) is 4. The maximum atomic E-state index is 11.9. The van der Waals surface area contributed by atoms with Crippen molar-refractivity contribution in [3.63, 3.8) is 0 Å². The molecule has 6 nitrogen and oxygen atoms in total. The van der Waals surface area contributed by atoms with E-state index >= 15 is 0 Å². The quantitative estimate of drug-likeness (QED) is 0.700. The van der Waals surface area contributed by atoms with Crippen LogP contribution in [-0.2, 0) is 16.6 Å². The summed E-state index contributed by atoms with van der Waals surface area (Å²) in [5.41, 5.74) is 0.549. The standard InChI is InChI=1S/C11H17N3O3/c1-13(6-4-5-10(15)17-3)11(16)9-7-12-14(2)8-9/h7-8H,4-6H2,1-3H3. The van der Waals surface area contributed by atoms with Gasteiger partial charge in [-0.15, -0.1) is 0 Å². The average Bonchev–Trinajstić information content (AvgIpc) is 2.74. The van der Waals surface area contributed by atoms with Gasteiger partial charge in [0.15, 0.2) is 0 Å². The maximum Gasteiger partial charge on any atom is 0.305 e. The predicted molar refractivity (Wildman–Crippen MR) is 61.4 cm³/mol. The third-order valence-corrected chi connectivity index (χ3v) is 2.40. The number of methoxy groups -OCH3 is 1. The molecule has 0 radical (unpaired) electrons. The lowest BCUT2D eigenvalue weighted by Gasteiger charge is -2.15. The van der Waals surface area contributed by atoms with E-state index in [0.29, 0.717) is 24.9 Å². The summed E-state index contributed by atoms with van der Waals surface area (Å²) in [6, 6.07) is 0. The number of esters is 1. The van der Waals surface area contributed by atoms with Crippen molar-refractivity contribution < 1.29 is 14.3 Å². The van der Waals surface area contributed by atoms with Gasteiger partial charge < -0.3 is 9.64 Å². The highest BCUT2D eigenvalue weighted by Gasteiger charge is 2.13. The second-order valence-corrected chi connectivity index (χ2v) is 3.81. The van der Waals surface area contributed by atoms with Crippen LogP contribution in [0.4, 0.5) is 0 Å². The summed E-state index contributed by atoms with van der Waals surface area (Å²) >= 11 is 0. The van der Waals surface area contributed by atoms with Gasteiger partial charge >= 0.3 is 5.97 Å². The van der Waals surface area contributed by atoms with Crippen LogP contribution in [0.5, 0.6) is 0 Å². The first-order chi connectivity index (χ1) is 8.04. The van der Waals surface area contributed by atoms with Gasteiger partial charge in [0, 0.05) is 33.3 Å². The van der Waals surface area contributed by atoms with E-state index in [9.17, 15) is 9.59 Å². The Hall–Kier alpha value is -1.85. The first kappa shape index (κ1) is 13.2. The molecular formula is C11H17N3O3. The average molecular weight is 239 g/mol. The third-order valence-electron chi connectivity index (χ3n) is 2.40. The molecule has 0 saturated carbocycles. The second-order valence-electron chi connectivity index (χ2n) is 3.81. The Morgan fingerprint density at radius 3 is 2.76 bits per heavy atom. The molecule has 1 rings (SSSR count). The number of carbonyl (C=O) groups excluding carboxylic acids is 2. The highest BCUT2D eigenvalue weighted by atomic mass is 16.5. The smallest absolute Gasteiger partial charge is 0.305 e. The van der Waals surface area contributed by atoms with E-state index in [0.717, 1.165) is 0 Å². The van der Waals surface area contributed by atoms with Crippen LogP contribution in [0.15, 0.2) is 12.4 Å².